The monoisotopic (exact) mass is 529 g/mol. The van der Waals surface area contributed by atoms with E-state index in [1.165, 1.54) is 0 Å². The number of aryl methyl sites for hydroxylation is 3. The smallest absolute Gasteiger partial charge is 0.294 e. The van der Waals surface area contributed by atoms with E-state index >= 15 is 0 Å². The van der Waals surface area contributed by atoms with Crippen molar-refractivity contribution in [1.82, 2.24) is 4.90 Å². The van der Waals surface area contributed by atoms with E-state index in [1.807, 2.05) is 51.1 Å². The topological polar surface area (TPSA) is 105 Å². The number of carbonyl (C=O) groups excluding carboxylic acids is 4. The van der Waals surface area contributed by atoms with E-state index in [-0.39, 0.29) is 24.0 Å². The maximum Gasteiger partial charge on any atom is 0.294 e. The van der Waals surface area contributed by atoms with Gasteiger partial charge in [0.1, 0.15) is 12.3 Å². The second-order valence-electron chi connectivity index (χ2n) is 8.84. The summed E-state index contributed by atoms with van der Waals surface area (Å²) < 4.78 is 5.62. The standard InChI is InChI=1S/C29H27N3O5S/c1-18-11-12-22(13-20(18)3)30-27(34)17-37-23-9-6-8-21(14-23)15-25-28(35)32(29(36)38-25)16-26(33)31-24-10-5-4-7-19(24)2/h4-15H,16-17H2,1-3H3,(H,30,34)(H,31,33)/b25-15-. The van der Waals surface area contributed by atoms with Crippen LogP contribution in [0.15, 0.2) is 71.6 Å². The summed E-state index contributed by atoms with van der Waals surface area (Å²) in [6, 6.07) is 19.8. The van der Waals surface area contributed by atoms with Crippen LogP contribution >= 0.6 is 11.8 Å². The van der Waals surface area contributed by atoms with Crippen molar-refractivity contribution in [2.45, 2.75) is 20.8 Å². The number of nitrogens with zero attached hydrogens (tertiary/aromatic N) is 1. The second kappa shape index (κ2) is 11.8. The lowest BCUT2D eigenvalue weighted by Crippen LogP contribution is -2.36. The molecule has 0 bridgehead atoms. The molecule has 9 heteroatoms. The molecule has 1 saturated heterocycles. The molecule has 4 rings (SSSR count). The summed E-state index contributed by atoms with van der Waals surface area (Å²) in [5, 5.41) is 5.02. The average molecular weight is 530 g/mol. The highest BCUT2D eigenvalue weighted by atomic mass is 32.2. The maximum absolute atomic E-state index is 12.8. The number of nitrogens with one attached hydrogen (secondary N) is 2. The molecule has 38 heavy (non-hydrogen) atoms. The molecular formula is C29H27N3O5S. The third-order valence-electron chi connectivity index (χ3n) is 5.91. The molecule has 1 aliphatic rings. The molecule has 194 valence electrons. The Morgan fingerprint density at radius 1 is 0.868 bits per heavy atom. The van der Waals surface area contributed by atoms with E-state index < -0.39 is 17.1 Å². The number of para-hydroxylation sites is 1. The van der Waals surface area contributed by atoms with Crippen LogP contribution in [0.25, 0.3) is 6.08 Å². The Balaban J connectivity index is 1.35. The number of anilines is 2. The van der Waals surface area contributed by atoms with Crippen LogP contribution in [0.5, 0.6) is 5.75 Å². The van der Waals surface area contributed by atoms with E-state index in [0.717, 1.165) is 33.4 Å². The Kier molecular flexibility index (Phi) is 8.28. The van der Waals surface area contributed by atoms with Crippen LogP contribution in [0, 0.1) is 20.8 Å². The van der Waals surface area contributed by atoms with Crippen molar-refractivity contribution in [3.8, 4) is 5.75 Å². The predicted octanol–water partition coefficient (Wildman–Crippen LogP) is 5.30. The fourth-order valence-corrected chi connectivity index (χ4v) is 4.53. The summed E-state index contributed by atoms with van der Waals surface area (Å²) in [4.78, 5) is 51.2. The van der Waals surface area contributed by atoms with Gasteiger partial charge in [0.2, 0.25) is 5.91 Å². The van der Waals surface area contributed by atoms with Crippen molar-refractivity contribution in [1.29, 1.82) is 0 Å². The second-order valence-corrected chi connectivity index (χ2v) is 9.83. The minimum Gasteiger partial charge on any atom is -0.484 e. The quantitative estimate of drug-likeness (QED) is 0.384. The number of thioether (sulfide) groups is 1. The van der Waals surface area contributed by atoms with Gasteiger partial charge in [0.05, 0.1) is 4.91 Å². The van der Waals surface area contributed by atoms with Crippen LogP contribution in [0.2, 0.25) is 0 Å². The number of rotatable bonds is 8. The number of hydrogen-bond donors (Lipinski definition) is 2. The van der Waals surface area contributed by atoms with Crippen LogP contribution in [0.3, 0.4) is 0 Å². The highest BCUT2D eigenvalue weighted by Gasteiger charge is 2.36. The van der Waals surface area contributed by atoms with Gasteiger partial charge in [-0.2, -0.15) is 0 Å². The Hall–Kier alpha value is -4.37. The molecule has 0 unspecified atom stereocenters. The molecule has 0 aromatic heterocycles. The summed E-state index contributed by atoms with van der Waals surface area (Å²) in [5.41, 5.74) is 5.03. The van der Waals surface area contributed by atoms with E-state index in [1.54, 1.807) is 42.5 Å². The van der Waals surface area contributed by atoms with Gasteiger partial charge in [-0.3, -0.25) is 24.1 Å². The summed E-state index contributed by atoms with van der Waals surface area (Å²) in [6.45, 7) is 5.26. The van der Waals surface area contributed by atoms with E-state index in [0.29, 0.717) is 22.7 Å². The van der Waals surface area contributed by atoms with Crippen molar-refractivity contribution < 1.29 is 23.9 Å². The van der Waals surface area contributed by atoms with E-state index in [9.17, 15) is 19.2 Å². The number of ether oxygens (including phenoxy) is 1. The summed E-state index contributed by atoms with van der Waals surface area (Å²) in [7, 11) is 0. The zero-order chi connectivity index (χ0) is 27.2. The lowest BCUT2D eigenvalue weighted by atomic mass is 10.1. The molecule has 4 amide bonds. The maximum atomic E-state index is 12.8. The number of imide groups is 1. The summed E-state index contributed by atoms with van der Waals surface area (Å²) >= 11 is 0.769. The largest absolute Gasteiger partial charge is 0.484 e. The molecule has 1 fully saturated rings. The highest BCUT2D eigenvalue weighted by Crippen LogP contribution is 2.32. The molecule has 0 saturated carbocycles. The minimum absolute atomic E-state index is 0.192. The van der Waals surface area contributed by atoms with Gasteiger partial charge in [-0.05, 0) is 91.2 Å². The Bertz CT molecular complexity index is 1450. The highest BCUT2D eigenvalue weighted by molar-refractivity contribution is 8.18. The van der Waals surface area contributed by atoms with Crippen LogP contribution in [-0.2, 0) is 14.4 Å². The molecular weight excluding hydrogens is 502 g/mol. The predicted molar refractivity (Wildman–Crippen MR) is 149 cm³/mol. The van der Waals surface area contributed by atoms with Gasteiger partial charge in [0.25, 0.3) is 17.1 Å². The SMILES string of the molecule is Cc1ccc(NC(=O)COc2cccc(/C=C3\SC(=O)N(CC(=O)Nc4ccccc4C)C3=O)c2)cc1C. The summed E-state index contributed by atoms with van der Waals surface area (Å²) in [6.07, 6.45) is 1.56. The minimum atomic E-state index is -0.543. The van der Waals surface area contributed by atoms with Crippen molar-refractivity contribution >= 4 is 52.2 Å². The van der Waals surface area contributed by atoms with Crippen molar-refractivity contribution in [2.75, 3.05) is 23.8 Å². The molecule has 0 radical (unpaired) electrons. The molecule has 3 aromatic carbocycles. The molecule has 0 atom stereocenters. The van der Waals surface area contributed by atoms with Crippen molar-refractivity contribution in [3.63, 3.8) is 0 Å². The first-order chi connectivity index (χ1) is 18.2. The lowest BCUT2D eigenvalue weighted by molar-refractivity contribution is -0.127. The fraction of sp³-hybridized carbons (Fsp3) is 0.172. The van der Waals surface area contributed by atoms with Gasteiger partial charge in [0, 0.05) is 11.4 Å². The van der Waals surface area contributed by atoms with Crippen molar-refractivity contribution in [3.05, 3.63) is 93.9 Å². The molecule has 3 aromatic rings. The molecule has 1 heterocycles. The zero-order valence-corrected chi connectivity index (χ0v) is 22.1. The Morgan fingerprint density at radius 2 is 1.66 bits per heavy atom. The van der Waals surface area contributed by atoms with E-state index in [2.05, 4.69) is 10.6 Å². The zero-order valence-electron chi connectivity index (χ0n) is 21.2. The Labute approximate surface area is 225 Å². The van der Waals surface area contributed by atoms with Crippen LogP contribution in [-0.4, -0.2) is 41.0 Å². The lowest BCUT2D eigenvalue weighted by Gasteiger charge is -2.13. The molecule has 8 nitrogen and oxygen atoms in total. The van der Waals surface area contributed by atoms with Gasteiger partial charge in [0.15, 0.2) is 6.61 Å². The fourth-order valence-electron chi connectivity index (χ4n) is 3.69. The van der Waals surface area contributed by atoms with Crippen LogP contribution < -0.4 is 15.4 Å². The first kappa shape index (κ1) is 26.7. The summed E-state index contributed by atoms with van der Waals surface area (Å²) in [5.74, 6) is -0.870. The van der Waals surface area contributed by atoms with Gasteiger partial charge >= 0.3 is 0 Å². The van der Waals surface area contributed by atoms with Gasteiger partial charge in [-0.1, -0.05) is 36.4 Å². The average Bonchev–Trinajstić information content (AvgIpc) is 3.14. The van der Waals surface area contributed by atoms with Crippen LogP contribution in [0.4, 0.5) is 16.2 Å². The normalized spacial score (nSPS) is 14.1. The third kappa shape index (κ3) is 6.68. The third-order valence-corrected chi connectivity index (χ3v) is 6.82. The first-order valence-electron chi connectivity index (χ1n) is 11.9. The number of carbonyl (C=O) groups is 4. The van der Waals surface area contributed by atoms with Gasteiger partial charge < -0.3 is 15.4 Å². The first-order valence-corrected chi connectivity index (χ1v) is 12.7. The van der Waals surface area contributed by atoms with Crippen LogP contribution in [0.1, 0.15) is 22.3 Å². The number of amides is 4. The Morgan fingerprint density at radius 3 is 2.42 bits per heavy atom. The van der Waals surface area contributed by atoms with E-state index in [4.69, 9.17) is 4.74 Å². The van der Waals surface area contributed by atoms with Gasteiger partial charge in [-0.15, -0.1) is 0 Å². The molecule has 1 aliphatic heterocycles. The molecule has 2 N–H and O–H groups in total. The van der Waals surface area contributed by atoms with Crippen molar-refractivity contribution in [2.24, 2.45) is 0 Å². The number of hydrogen-bond acceptors (Lipinski definition) is 6. The van der Waals surface area contributed by atoms with Gasteiger partial charge in [-0.25, -0.2) is 0 Å². The number of benzene rings is 3. The molecule has 0 aliphatic carbocycles. The molecule has 0 spiro atoms.